The number of ether oxygens (including phenoxy) is 1. The topological polar surface area (TPSA) is 29.5 Å². The zero-order chi connectivity index (χ0) is 17.0. The Balaban J connectivity index is 1.46. The molecular weight excluding hydrogens is 308 g/mol. The van der Waals surface area contributed by atoms with Crippen LogP contribution in [0.5, 0.6) is 5.75 Å². The average Bonchev–Trinajstić information content (AvgIpc) is 3.09. The van der Waals surface area contributed by atoms with Crippen molar-refractivity contribution >= 4 is 0 Å². The zero-order valence-corrected chi connectivity index (χ0v) is 15.0. The van der Waals surface area contributed by atoms with Crippen LogP contribution < -0.4 is 4.74 Å². The van der Waals surface area contributed by atoms with Gasteiger partial charge in [0.25, 0.3) is 0 Å². The van der Waals surface area contributed by atoms with Gasteiger partial charge in [-0.25, -0.2) is 0 Å². The standard InChI is InChI=1S/C23H28O2/c1-25-19-7-5-16(6-8-19)23(24)21-4-2-3-20(21)22-17-10-14-9-15(12-17)13-18(22)11-14/h2,4-8,14-15,17-18,21,23-24H,3,9-13H2,1H3/t14?,15?,17?,18?,21-,23+/m0/s1. The van der Waals surface area contributed by atoms with Crippen LogP contribution in [0.15, 0.2) is 47.6 Å². The summed E-state index contributed by atoms with van der Waals surface area (Å²) in [6, 6.07) is 7.92. The molecule has 4 fully saturated rings. The van der Waals surface area contributed by atoms with Gasteiger partial charge in [0.05, 0.1) is 13.2 Å². The second kappa shape index (κ2) is 6.02. The van der Waals surface area contributed by atoms with Gasteiger partial charge in [0.1, 0.15) is 5.75 Å². The molecule has 4 saturated carbocycles. The van der Waals surface area contributed by atoms with E-state index in [0.29, 0.717) is 0 Å². The molecule has 0 amide bonds. The average molecular weight is 336 g/mol. The highest BCUT2D eigenvalue weighted by Gasteiger charge is 2.47. The lowest BCUT2D eigenvalue weighted by Crippen LogP contribution is -2.41. The lowest BCUT2D eigenvalue weighted by atomic mass is 9.53. The highest BCUT2D eigenvalue weighted by atomic mass is 16.5. The van der Waals surface area contributed by atoms with Gasteiger partial charge in [-0.3, -0.25) is 0 Å². The maximum absolute atomic E-state index is 11.1. The largest absolute Gasteiger partial charge is 0.497 e. The lowest BCUT2D eigenvalue weighted by Gasteiger charge is -2.52. The maximum atomic E-state index is 11.1. The summed E-state index contributed by atoms with van der Waals surface area (Å²) < 4.78 is 5.25. The molecule has 1 N–H and O–H groups in total. The molecule has 5 aliphatic carbocycles. The van der Waals surface area contributed by atoms with Crippen molar-refractivity contribution in [1.82, 2.24) is 0 Å². The first-order valence-electron chi connectivity index (χ1n) is 9.94. The van der Waals surface area contributed by atoms with Crippen molar-refractivity contribution in [3.63, 3.8) is 0 Å². The van der Waals surface area contributed by atoms with Crippen LogP contribution in [0.1, 0.15) is 50.2 Å². The smallest absolute Gasteiger partial charge is 0.118 e. The van der Waals surface area contributed by atoms with Crippen molar-refractivity contribution in [3.8, 4) is 5.75 Å². The molecule has 0 saturated heterocycles. The Bertz CT molecular complexity index is 682. The fourth-order valence-corrected chi connectivity index (χ4v) is 6.42. The summed E-state index contributed by atoms with van der Waals surface area (Å²) >= 11 is 0. The first-order valence-corrected chi connectivity index (χ1v) is 9.94. The highest BCUT2D eigenvalue weighted by molar-refractivity contribution is 5.38. The summed E-state index contributed by atoms with van der Waals surface area (Å²) in [6.45, 7) is 0. The number of hydrogen-bond acceptors (Lipinski definition) is 2. The zero-order valence-electron chi connectivity index (χ0n) is 15.0. The van der Waals surface area contributed by atoms with Crippen LogP contribution in [-0.2, 0) is 0 Å². The van der Waals surface area contributed by atoms with Gasteiger partial charge in [0.2, 0.25) is 0 Å². The van der Waals surface area contributed by atoms with Crippen LogP contribution in [0.25, 0.3) is 0 Å². The molecule has 1 aromatic carbocycles. The Hall–Kier alpha value is -1.54. The van der Waals surface area contributed by atoms with Gasteiger partial charge in [0, 0.05) is 5.92 Å². The van der Waals surface area contributed by atoms with E-state index in [1.54, 1.807) is 18.3 Å². The molecule has 132 valence electrons. The van der Waals surface area contributed by atoms with Gasteiger partial charge in [-0.1, -0.05) is 35.4 Å². The van der Waals surface area contributed by atoms with Crippen LogP contribution in [0.4, 0.5) is 0 Å². The lowest BCUT2D eigenvalue weighted by molar-refractivity contribution is 0.0656. The van der Waals surface area contributed by atoms with Crippen molar-refractivity contribution in [2.75, 3.05) is 7.11 Å². The second-order valence-electron chi connectivity index (χ2n) is 8.66. The molecule has 0 aromatic heterocycles. The maximum Gasteiger partial charge on any atom is 0.118 e. The molecule has 2 heteroatoms. The van der Waals surface area contributed by atoms with E-state index in [9.17, 15) is 5.11 Å². The molecule has 0 spiro atoms. The minimum atomic E-state index is -0.440. The number of aliphatic hydroxyl groups excluding tert-OH is 1. The van der Waals surface area contributed by atoms with E-state index in [4.69, 9.17) is 4.74 Å². The number of allylic oxidation sites excluding steroid dienone is 2. The molecule has 2 atom stereocenters. The predicted molar refractivity (Wildman–Crippen MR) is 99.3 cm³/mol. The van der Waals surface area contributed by atoms with Crippen LogP contribution >= 0.6 is 0 Å². The van der Waals surface area contributed by atoms with E-state index in [0.717, 1.165) is 41.4 Å². The van der Waals surface area contributed by atoms with Crippen LogP contribution in [0.2, 0.25) is 0 Å². The highest BCUT2D eigenvalue weighted by Crippen LogP contribution is 2.58. The van der Waals surface area contributed by atoms with Crippen LogP contribution in [0.3, 0.4) is 0 Å². The second-order valence-corrected chi connectivity index (χ2v) is 8.66. The molecular formula is C23H28O2. The number of aliphatic hydroxyl groups is 1. The summed E-state index contributed by atoms with van der Waals surface area (Å²) in [6.07, 6.45) is 12.3. The summed E-state index contributed by atoms with van der Waals surface area (Å²) in [5.41, 5.74) is 4.31. The first kappa shape index (κ1) is 15.7. The van der Waals surface area contributed by atoms with Crippen molar-refractivity contribution in [3.05, 3.63) is 53.1 Å². The molecule has 0 radical (unpaired) electrons. The van der Waals surface area contributed by atoms with E-state index in [1.165, 1.54) is 32.1 Å². The van der Waals surface area contributed by atoms with Crippen molar-refractivity contribution in [2.45, 2.75) is 44.6 Å². The van der Waals surface area contributed by atoms with E-state index >= 15 is 0 Å². The number of methoxy groups -OCH3 is 1. The van der Waals surface area contributed by atoms with E-state index in [2.05, 4.69) is 12.2 Å². The van der Waals surface area contributed by atoms with Crippen LogP contribution in [-0.4, -0.2) is 12.2 Å². The van der Waals surface area contributed by atoms with Gasteiger partial charge in [-0.05, 0) is 79.9 Å². The summed E-state index contributed by atoms with van der Waals surface area (Å²) in [7, 11) is 1.68. The fraction of sp³-hybridized carbons (Fsp3) is 0.565. The Morgan fingerprint density at radius 3 is 2.20 bits per heavy atom. The fourth-order valence-electron chi connectivity index (χ4n) is 6.42. The quantitative estimate of drug-likeness (QED) is 0.782. The molecule has 1 aromatic rings. The Labute approximate surface area is 150 Å². The van der Waals surface area contributed by atoms with Gasteiger partial charge < -0.3 is 9.84 Å². The third kappa shape index (κ3) is 2.57. The Morgan fingerprint density at radius 2 is 1.60 bits per heavy atom. The molecule has 0 aliphatic heterocycles. The minimum absolute atomic E-state index is 0.168. The van der Waals surface area contributed by atoms with Gasteiger partial charge in [-0.15, -0.1) is 0 Å². The molecule has 5 aliphatic rings. The van der Waals surface area contributed by atoms with Gasteiger partial charge >= 0.3 is 0 Å². The number of rotatable bonds is 3. The van der Waals surface area contributed by atoms with E-state index < -0.39 is 6.10 Å². The van der Waals surface area contributed by atoms with E-state index in [1.807, 2.05) is 24.3 Å². The summed E-state index contributed by atoms with van der Waals surface area (Å²) in [5, 5.41) is 11.1. The Kier molecular flexibility index (Phi) is 3.78. The third-order valence-corrected chi connectivity index (χ3v) is 7.27. The van der Waals surface area contributed by atoms with Crippen molar-refractivity contribution in [2.24, 2.45) is 29.6 Å². The molecule has 25 heavy (non-hydrogen) atoms. The van der Waals surface area contributed by atoms with Crippen molar-refractivity contribution < 1.29 is 9.84 Å². The molecule has 2 nitrogen and oxygen atoms in total. The molecule has 4 bridgehead atoms. The monoisotopic (exact) mass is 336 g/mol. The first-order chi connectivity index (χ1) is 12.2. The van der Waals surface area contributed by atoms with Gasteiger partial charge in [0.15, 0.2) is 0 Å². The van der Waals surface area contributed by atoms with Gasteiger partial charge in [-0.2, -0.15) is 0 Å². The normalized spacial score (nSPS) is 37.0. The third-order valence-electron chi connectivity index (χ3n) is 7.27. The van der Waals surface area contributed by atoms with E-state index in [-0.39, 0.29) is 5.92 Å². The molecule has 6 rings (SSSR count). The molecule has 0 heterocycles. The predicted octanol–water partition coefficient (Wildman–Crippen LogP) is 5.06. The number of benzene rings is 1. The van der Waals surface area contributed by atoms with Crippen LogP contribution in [0, 0.1) is 29.6 Å². The Morgan fingerprint density at radius 1 is 0.960 bits per heavy atom. The molecule has 0 unspecified atom stereocenters. The summed E-state index contributed by atoms with van der Waals surface area (Å²) in [4.78, 5) is 0. The minimum Gasteiger partial charge on any atom is -0.497 e. The number of hydrogen-bond donors (Lipinski definition) is 1. The SMILES string of the molecule is COc1ccc([C@@H](O)[C@H]2C=CCC2=C2C3CC4CC(C3)CC2C4)cc1. The van der Waals surface area contributed by atoms with Crippen molar-refractivity contribution in [1.29, 1.82) is 0 Å². The summed E-state index contributed by atoms with van der Waals surface area (Å²) in [5.74, 6) is 4.63.